The van der Waals surface area contributed by atoms with Crippen molar-refractivity contribution in [3.8, 4) is 0 Å². The van der Waals surface area contributed by atoms with Crippen molar-refractivity contribution in [2.75, 3.05) is 0 Å². The van der Waals surface area contributed by atoms with Crippen molar-refractivity contribution in [1.82, 2.24) is 14.9 Å². The van der Waals surface area contributed by atoms with Gasteiger partial charge in [0.15, 0.2) is 0 Å². The number of aromatic nitrogens is 2. The van der Waals surface area contributed by atoms with Crippen LogP contribution in [-0.4, -0.2) is 32.1 Å². The third-order valence-electron chi connectivity index (χ3n) is 5.22. The second kappa shape index (κ2) is 5.45. The number of nitrogens with zero attached hydrogens (tertiary/aromatic N) is 3. The topological polar surface area (TPSA) is 49.3 Å². The summed E-state index contributed by atoms with van der Waals surface area (Å²) in [7, 11) is 0. The van der Waals surface area contributed by atoms with Gasteiger partial charge in [-0.3, -0.25) is 4.90 Å². The number of hydrogen-bond donors (Lipinski definition) is 1. The number of rotatable bonds is 3. The van der Waals surface area contributed by atoms with Crippen molar-refractivity contribution in [3.05, 3.63) is 60.2 Å². The first-order valence-corrected chi connectivity index (χ1v) is 8.02. The van der Waals surface area contributed by atoms with E-state index in [0.29, 0.717) is 12.1 Å². The number of hydrogen-bond acceptors (Lipinski definition) is 4. The van der Waals surface area contributed by atoms with E-state index in [4.69, 9.17) is 0 Å². The maximum atomic E-state index is 11.1. The zero-order chi connectivity index (χ0) is 15.0. The van der Waals surface area contributed by atoms with Gasteiger partial charge in [-0.05, 0) is 31.2 Å². The second-order valence-corrected chi connectivity index (χ2v) is 6.61. The SMILES string of the molecule is OC1(c2cncnc2)CC2CCC(C1)N2Cc1ccccc1. The van der Waals surface area contributed by atoms with E-state index in [1.54, 1.807) is 12.4 Å². The molecule has 1 aromatic heterocycles. The molecule has 2 fully saturated rings. The van der Waals surface area contributed by atoms with Crippen LogP contribution in [0.25, 0.3) is 0 Å². The molecular weight excluding hydrogens is 274 g/mol. The maximum absolute atomic E-state index is 11.1. The molecule has 2 unspecified atom stereocenters. The normalized spacial score (nSPS) is 31.3. The molecule has 0 radical (unpaired) electrons. The lowest BCUT2D eigenvalue weighted by Gasteiger charge is -2.43. The summed E-state index contributed by atoms with van der Waals surface area (Å²) in [4.78, 5) is 10.7. The summed E-state index contributed by atoms with van der Waals surface area (Å²) in [5.41, 5.74) is 1.46. The number of fused-ring (bicyclic) bond motifs is 2. The molecule has 4 nitrogen and oxygen atoms in total. The maximum Gasteiger partial charge on any atom is 0.115 e. The highest BCUT2D eigenvalue weighted by molar-refractivity contribution is 5.20. The molecule has 22 heavy (non-hydrogen) atoms. The zero-order valence-corrected chi connectivity index (χ0v) is 12.6. The Hall–Kier alpha value is -1.78. The molecule has 0 aliphatic carbocycles. The minimum atomic E-state index is -0.764. The molecule has 2 aliphatic heterocycles. The van der Waals surface area contributed by atoms with Gasteiger partial charge in [-0.1, -0.05) is 30.3 Å². The molecule has 114 valence electrons. The third-order valence-corrected chi connectivity index (χ3v) is 5.22. The molecule has 3 heterocycles. The van der Waals surface area contributed by atoms with Crippen LogP contribution < -0.4 is 0 Å². The minimum Gasteiger partial charge on any atom is -0.385 e. The highest BCUT2D eigenvalue weighted by atomic mass is 16.3. The van der Waals surface area contributed by atoms with Gasteiger partial charge in [0.1, 0.15) is 6.33 Å². The van der Waals surface area contributed by atoms with E-state index < -0.39 is 5.60 Å². The van der Waals surface area contributed by atoms with Gasteiger partial charge in [-0.15, -0.1) is 0 Å². The average molecular weight is 295 g/mol. The fourth-order valence-electron chi connectivity index (χ4n) is 4.14. The molecule has 0 saturated carbocycles. The van der Waals surface area contributed by atoms with E-state index in [-0.39, 0.29) is 0 Å². The molecule has 2 atom stereocenters. The van der Waals surface area contributed by atoms with Crippen molar-refractivity contribution < 1.29 is 5.11 Å². The van der Waals surface area contributed by atoms with Gasteiger partial charge in [0.2, 0.25) is 0 Å². The third kappa shape index (κ3) is 2.42. The Morgan fingerprint density at radius 3 is 2.32 bits per heavy atom. The fraction of sp³-hybridized carbons (Fsp3) is 0.444. The van der Waals surface area contributed by atoms with Crippen molar-refractivity contribution >= 4 is 0 Å². The summed E-state index contributed by atoms with van der Waals surface area (Å²) < 4.78 is 0. The van der Waals surface area contributed by atoms with Crippen LogP contribution in [0, 0.1) is 0 Å². The molecule has 4 heteroatoms. The van der Waals surface area contributed by atoms with E-state index in [2.05, 4.69) is 45.2 Å². The van der Waals surface area contributed by atoms with Crippen LogP contribution in [0.1, 0.15) is 36.8 Å². The largest absolute Gasteiger partial charge is 0.385 e. The Bertz CT molecular complexity index is 617. The predicted molar refractivity (Wildman–Crippen MR) is 84.0 cm³/mol. The van der Waals surface area contributed by atoms with Crippen LogP contribution in [0.5, 0.6) is 0 Å². The molecular formula is C18H21N3O. The van der Waals surface area contributed by atoms with Crippen LogP contribution in [0.2, 0.25) is 0 Å². The van der Waals surface area contributed by atoms with Gasteiger partial charge in [0, 0.05) is 36.6 Å². The lowest BCUT2D eigenvalue weighted by Crippen LogP contribution is -2.49. The van der Waals surface area contributed by atoms with Crippen LogP contribution >= 0.6 is 0 Å². The predicted octanol–water partition coefficient (Wildman–Crippen LogP) is 2.49. The highest BCUT2D eigenvalue weighted by Crippen LogP contribution is 2.45. The smallest absolute Gasteiger partial charge is 0.115 e. The number of piperidine rings is 1. The van der Waals surface area contributed by atoms with Crippen molar-refractivity contribution in [2.24, 2.45) is 0 Å². The van der Waals surface area contributed by atoms with Crippen LogP contribution in [0.4, 0.5) is 0 Å². The quantitative estimate of drug-likeness (QED) is 0.945. The Kier molecular flexibility index (Phi) is 3.43. The fourth-order valence-corrected chi connectivity index (χ4v) is 4.14. The number of aliphatic hydroxyl groups is 1. The Morgan fingerprint density at radius 1 is 1.05 bits per heavy atom. The molecule has 2 bridgehead atoms. The first kappa shape index (κ1) is 13.9. The van der Waals surface area contributed by atoms with Gasteiger partial charge in [-0.2, -0.15) is 0 Å². The molecule has 1 aromatic carbocycles. The molecule has 0 spiro atoms. The van der Waals surface area contributed by atoms with Gasteiger partial charge in [-0.25, -0.2) is 9.97 Å². The van der Waals surface area contributed by atoms with E-state index in [9.17, 15) is 5.11 Å². The summed E-state index contributed by atoms with van der Waals surface area (Å²) >= 11 is 0. The lowest BCUT2D eigenvalue weighted by atomic mass is 9.81. The van der Waals surface area contributed by atoms with Gasteiger partial charge >= 0.3 is 0 Å². The van der Waals surface area contributed by atoms with Crippen LogP contribution in [-0.2, 0) is 12.1 Å². The standard InChI is InChI=1S/C18H21N3O/c22-18(15-10-19-13-20-11-15)8-16-6-7-17(9-18)21(16)12-14-4-2-1-3-5-14/h1-5,10-11,13,16-17,22H,6-9,12H2. The summed E-state index contributed by atoms with van der Waals surface area (Å²) in [6, 6.07) is 11.5. The van der Waals surface area contributed by atoms with E-state index >= 15 is 0 Å². The van der Waals surface area contributed by atoms with E-state index in [1.165, 1.54) is 24.7 Å². The van der Waals surface area contributed by atoms with E-state index in [0.717, 1.165) is 24.9 Å². The Morgan fingerprint density at radius 2 is 1.68 bits per heavy atom. The molecule has 2 saturated heterocycles. The van der Waals surface area contributed by atoms with Crippen LogP contribution in [0.15, 0.2) is 49.1 Å². The number of benzene rings is 1. The van der Waals surface area contributed by atoms with Crippen LogP contribution in [0.3, 0.4) is 0 Å². The Labute approximate surface area is 130 Å². The van der Waals surface area contributed by atoms with Gasteiger partial charge in [0.05, 0.1) is 5.60 Å². The summed E-state index contributed by atoms with van der Waals surface area (Å²) in [6.07, 6.45) is 8.96. The highest BCUT2D eigenvalue weighted by Gasteiger charge is 2.48. The monoisotopic (exact) mass is 295 g/mol. The van der Waals surface area contributed by atoms with Crippen molar-refractivity contribution in [2.45, 2.75) is 49.9 Å². The zero-order valence-electron chi connectivity index (χ0n) is 12.6. The molecule has 2 aromatic rings. The van der Waals surface area contributed by atoms with Gasteiger partial charge in [0.25, 0.3) is 0 Å². The molecule has 0 amide bonds. The van der Waals surface area contributed by atoms with Crippen molar-refractivity contribution in [3.63, 3.8) is 0 Å². The average Bonchev–Trinajstić information content (AvgIpc) is 2.81. The van der Waals surface area contributed by atoms with E-state index in [1.807, 2.05) is 0 Å². The minimum absolute atomic E-state index is 0.448. The van der Waals surface area contributed by atoms with Crippen molar-refractivity contribution in [1.29, 1.82) is 0 Å². The first-order valence-electron chi connectivity index (χ1n) is 8.02. The summed E-state index contributed by atoms with van der Waals surface area (Å²) in [5.74, 6) is 0. The summed E-state index contributed by atoms with van der Waals surface area (Å²) in [5, 5.41) is 11.1. The Balaban J connectivity index is 1.55. The first-order chi connectivity index (χ1) is 10.7. The molecule has 4 rings (SSSR count). The van der Waals surface area contributed by atoms with Gasteiger partial charge < -0.3 is 5.11 Å². The molecule has 2 aliphatic rings. The summed E-state index contributed by atoms with van der Waals surface area (Å²) in [6.45, 7) is 0.984. The molecule has 1 N–H and O–H groups in total. The second-order valence-electron chi connectivity index (χ2n) is 6.61. The lowest BCUT2D eigenvalue weighted by molar-refractivity contribution is -0.0599.